The van der Waals surface area contributed by atoms with Gasteiger partial charge in [-0.15, -0.1) is 0 Å². The van der Waals surface area contributed by atoms with Gasteiger partial charge in [0.2, 0.25) is 0 Å². The molecule has 3 amide bonds. The molecule has 148 valence electrons. The molecular weight excluding hydrogens is 370 g/mol. The van der Waals surface area contributed by atoms with Crippen LogP contribution in [0.2, 0.25) is 0 Å². The first-order chi connectivity index (χ1) is 14.1. The Bertz CT molecular complexity index is 1140. The molecular formula is C20H21N7O2. The number of aromatic nitrogens is 4. The highest BCUT2D eigenvalue weighted by molar-refractivity contribution is 5.95. The van der Waals surface area contributed by atoms with E-state index in [9.17, 15) is 9.59 Å². The second kappa shape index (κ2) is 8.01. The number of benzene rings is 1. The van der Waals surface area contributed by atoms with E-state index in [0.29, 0.717) is 36.4 Å². The van der Waals surface area contributed by atoms with E-state index in [1.807, 2.05) is 42.5 Å². The van der Waals surface area contributed by atoms with Gasteiger partial charge in [0.1, 0.15) is 17.2 Å². The molecule has 0 aliphatic rings. The molecule has 0 unspecified atom stereocenters. The zero-order valence-electron chi connectivity index (χ0n) is 15.9. The topological polar surface area (TPSA) is 116 Å². The van der Waals surface area contributed by atoms with E-state index in [2.05, 4.69) is 31.1 Å². The number of aromatic amines is 1. The summed E-state index contributed by atoms with van der Waals surface area (Å²) < 4.78 is 1.68. The summed E-state index contributed by atoms with van der Waals surface area (Å²) in [6, 6.07) is 12.8. The number of fused-ring (bicyclic) bond motifs is 2. The highest BCUT2D eigenvalue weighted by atomic mass is 16.2. The van der Waals surface area contributed by atoms with Crippen LogP contribution in [-0.4, -0.2) is 37.8 Å². The van der Waals surface area contributed by atoms with Crippen molar-refractivity contribution in [1.82, 2.24) is 35.5 Å². The SMILES string of the molecule is Cc1nc2ccccn2c1C(=O)NNC(=O)NCCCc1nc2ccccc2[nH]1. The minimum atomic E-state index is -0.477. The lowest BCUT2D eigenvalue weighted by Crippen LogP contribution is -2.47. The zero-order chi connectivity index (χ0) is 20.2. The number of imidazole rings is 2. The molecule has 3 heterocycles. The Balaban J connectivity index is 1.23. The highest BCUT2D eigenvalue weighted by Crippen LogP contribution is 2.12. The standard InChI is InChI=1S/C20H21N7O2/c1-13-18(27-12-5-4-10-17(27)22-13)19(28)25-26-20(29)21-11-6-9-16-23-14-7-2-3-8-15(14)24-16/h2-5,7-8,10,12H,6,9,11H2,1H3,(H,23,24)(H,25,28)(H2,21,26,29). The highest BCUT2D eigenvalue weighted by Gasteiger charge is 2.16. The van der Waals surface area contributed by atoms with Gasteiger partial charge in [-0.2, -0.15) is 0 Å². The second-order valence-corrected chi connectivity index (χ2v) is 6.61. The third-order valence-electron chi connectivity index (χ3n) is 4.52. The molecule has 0 saturated carbocycles. The Hall–Kier alpha value is -3.88. The molecule has 0 radical (unpaired) electrons. The number of nitrogens with one attached hydrogen (secondary N) is 4. The first-order valence-corrected chi connectivity index (χ1v) is 9.33. The number of hydrogen-bond acceptors (Lipinski definition) is 4. The summed E-state index contributed by atoms with van der Waals surface area (Å²) in [5.41, 5.74) is 8.35. The second-order valence-electron chi connectivity index (χ2n) is 6.61. The van der Waals surface area contributed by atoms with Crippen LogP contribution >= 0.6 is 0 Å². The van der Waals surface area contributed by atoms with Gasteiger partial charge in [-0.3, -0.25) is 14.6 Å². The van der Waals surface area contributed by atoms with Crippen LogP contribution < -0.4 is 16.2 Å². The van der Waals surface area contributed by atoms with Gasteiger partial charge in [0, 0.05) is 19.2 Å². The molecule has 0 aliphatic heterocycles. The van der Waals surface area contributed by atoms with Crippen LogP contribution in [0.15, 0.2) is 48.7 Å². The molecule has 4 aromatic rings. The number of H-pyrrole nitrogens is 1. The number of hydrogen-bond donors (Lipinski definition) is 4. The number of carbonyl (C=O) groups is 2. The van der Waals surface area contributed by atoms with Crippen molar-refractivity contribution in [3.63, 3.8) is 0 Å². The molecule has 0 saturated heterocycles. The first kappa shape index (κ1) is 18.5. The van der Waals surface area contributed by atoms with Crippen molar-refractivity contribution in [2.75, 3.05) is 6.54 Å². The van der Waals surface area contributed by atoms with E-state index in [-0.39, 0.29) is 0 Å². The van der Waals surface area contributed by atoms with E-state index in [1.165, 1.54) is 0 Å². The predicted octanol–water partition coefficient (Wildman–Crippen LogP) is 2.10. The van der Waals surface area contributed by atoms with Crippen LogP contribution in [0.3, 0.4) is 0 Å². The summed E-state index contributed by atoms with van der Waals surface area (Å²) in [6.45, 7) is 2.20. The predicted molar refractivity (Wildman–Crippen MR) is 108 cm³/mol. The lowest BCUT2D eigenvalue weighted by atomic mass is 10.3. The maximum atomic E-state index is 12.4. The summed E-state index contributed by atoms with van der Waals surface area (Å²) >= 11 is 0. The van der Waals surface area contributed by atoms with Gasteiger partial charge < -0.3 is 10.3 Å². The third-order valence-corrected chi connectivity index (χ3v) is 4.52. The van der Waals surface area contributed by atoms with E-state index in [0.717, 1.165) is 16.9 Å². The van der Waals surface area contributed by atoms with Crippen molar-refractivity contribution in [1.29, 1.82) is 0 Å². The third kappa shape index (κ3) is 4.03. The summed E-state index contributed by atoms with van der Waals surface area (Å²) in [4.78, 5) is 36.4. The van der Waals surface area contributed by atoms with E-state index in [1.54, 1.807) is 17.5 Å². The largest absolute Gasteiger partial charge is 0.342 e. The minimum Gasteiger partial charge on any atom is -0.342 e. The van der Waals surface area contributed by atoms with Crippen molar-refractivity contribution in [3.8, 4) is 0 Å². The Kier molecular flexibility index (Phi) is 5.10. The molecule has 4 N–H and O–H groups in total. The molecule has 9 nitrogen and oxygen atoms in total. The maximum Gasteiger partial charge on any atom is 0.333 e. The number of carbonyl (C=O) groups excluding carboxylic acids is 2. The van der Waals surface area contributed by atoms with Crippen LogP contribution in [0.25, 0.3) is 16.7 Å². The average Bonchev–Trinajstić information content (AvgIpc) is 3.29. The Morgan fingerprint density at radius 3 is 2.76 bits per heavy atom. The lowest BCUT2D eigenvalue weighted by molar-refractivity contribution is 0.0929. The number of amides is 3. The lowest BCUT2D eigenvalue weighted by Gasteiger charge is -2.09. The Morgan fingerprint density at radius 2 is 1.90 bits per heavy atom. The van der Waals surface area contributed by atoms with Crippen LogP contribution in [-0.2, 0) is 6.42 Å². The number of hydrazine groups is 1. The maximum absolute atomic E-state index is 12.4. The van der Waals surface area contributed by atoms with E-state index in [4.69, 9.17) is 0 Å². The molecule has 29 heavy (non-hydrogen) atoms. The van der Waals surface area contributed by atoms with Gasteiger partial charge >= 0.3 is 6.03 Å². The van der Waals surface area contributed by atoms with Crippen LogP contribution in [0.1, 0.15) is 28.4 Å². The minimum absolute atomic E-state index is 0.380. The van der Waals surface area contributed by atoms with Crippen LogP contribution in [0.5, 0.6) is 0 Å². The zero-order valence-corrected chi connectivity index (χ0v) is 15.9. The number of pyridine rings is 1. The quantitative estimate of drug-likeness (QED) is 0.308. The molecule has 0 atom stereocenters. The number of aryl methyl sites for hydroxylation is 2. The number of urea groups is 1. The normalized spacial score (nSPS) is 10.9. The fourth-order valence-corrected chi connectivity index (χ4v) is 3.19. The van der Waals surface area contributed by atoms with Crippen molar-refractivity contribution >= 4 is 28.6 Å². The van der Waals surface area contributed by atoms with E-state index >= 15 is 0 Å². The van der Waals surface area contributed by atoms with Crippen molar-refractivity contribution in [2.45, 2.75) is 19.8 Å². The Morgan fingerprint density at radius 1 is 1.07 bits per heavy atom. The van der Waals surface area contributed by atoms with Crippen molar-refractivity contribution in [3.05, 3.63) is 65.9 Å². The Labute approximate surface area is 166 Å². The fourth-order valence-electron chi connectivity index (χ4n) is 3.19. The molecule has 0 bridgehead atoms. The molecule has 9 heteroatoms. The summed E-state index contributed by atoms with van der Waals surface area (Å²) in [5, 5.41) is 2.71. The average molecular weight is 391 g/mol. The molecule has 0 aliphatic carbocycles. The van der Waals surface area contributed by atoms with Crippen LogP contribution in [0, 0.1) is 6.92 Å². The molecule has 4 rings (SSSR count). The smallest absolute Gasteiger partial charge is 0.333 e. The number of para-hydroxylation sites is 2. The van der Waals surface area contributed by atoms with Crippen molar-refractivity contribution < 1.29 is 9.59 Å². The monoisotopic (exact) mass is 391 g/mol. The number of nitrogens with zero attached hydrogens (tertiary/aromatic N) is 3. The van der Waals surface area contributed by atoms with Gasteiger partial charge in [0.15, 0.2) is 0 Å². The van der Waals surface area contributed by atoms with E-state index < -0.39 is 11.9 Å². The van der Waals surface area contributed by atoms with Gasteiger partial charge in [0.05, 0.1) is 16.7 Å². The van der Waals surface area contributed by atoms with Gasteiger partial charge in [-0.05, 0) is 37.6 Å². The summed E-state index contributed by atoms with van der Waals surface area (Å²) in [7, 11) is 0. The number of rotatable bonds is 5. The van der Waals surface area contributed by atoms with Gasteiger partial charge in [-0.1, -0.05) is 18.2 Å². The van der Waals surface area contributed by atoms with Gasteiger partial charge in [-0.25, -0.2) is 20.2 Å². The summed E-state index contributed by atoms with van der Waals surface area (Å²) in [6.07, 6.45) is 3.18. The molecule has 0 fully saturated rings. The fraction of sp³-hybridized carbons (Fsp3) is 0.200. The van der Waals surface area contributed by atoms with Crippen molar-refractivity contribution in [2.24, 2.45) is 0 Å². The van der Waals surface area contributed by atoms with Gasteiger partial charge in [0.25, 0.3) is 5.91 Å². The van der Waals surface area contributed by atoms with Crippen LogP contribution in [0.4, 0.5) is 4.79 Å². The molecule has 1 aromatic carbocycles. The summed E-state index contributed by atoms with van der Waals surface area (Å²) in [5.74, 6) is 0.448. The molecule has 3 aromatic heterocycles. The first-order valence-electron chi connectivity index (χ1n) is 9.33. The molecule has 0 spiro atoms.